The van der Waals surface area contributed by atoms with Crippen LogP contribution >= 0.6 is 23.4 Å². The lowest BCUT2D eigenvalue weighted by atomic mass is 10.1. The smallest absolute Gasteiger partial charge is 0.341 e. The van der Waals surface area contributed by atoms with Gasteiger partial charge in [0.2, 0.25) is 0 Å². The first-order valence-electron chi connectivity index (χ1n) is 9.59. The third kappa shape index (κ3) is 6.02. The van der Waals surface area contributed by atoms with Crippen LogP contribution < -0.4 is 14.8 Å². The molecular formula is C22H21ClN2O5S. The van der Waals surface area contributed by atoms with Crippen LogP contribution in [0.25, 0.3) is 6.08 Å². The maximum atomic E-state index is 12.4. The Morgan fingerprint density at radius 3 is 2.61 bits per heavy atom. The lowest BCUT2D eigenvalue weighted by Crippen LogP contribution is -2.19. The minimum absolute atomic E-state index is 0.148. The van der Waals surface area contributed by atoms with Crippen molar-refractivity contribution < 1.29 is 24.2 Å². The Hall–Kier alpha value is -2.97. The first kappa shape index (κ1) is 22.7. The number of hydrogen-bond acceptors (Lipinski definition) is 6. The largest absolute Gasteiger partial charge is 0.490 e. The summed E-state index contributed by atoms with van der Waals surface area (Å²) in [6, 6.07) is 11.0. The second-order valence-corrected chi connectivity index (χ2v) is 7.88. The molecule has 1 heterocycles. The average Bonchev–Trinajstić information content (AvgIpc) is 3.06. The van der Waals surface area contributed by atoms with E-state index < -0.39 is 12.6 Å². The van der Waals surface area contributed by atoms with Gasteiger partial charge in [0.15, 0.2) is 23.3 Å². The summed E-state index contributed by atoms with van der Waals surface area (Å²) in [7, 11) is 0. The minimum Gasteiger partial charge on any atom is -0.490 e. The molecule has 0 aromatic heterocycles. The van der Waals surface area contributed by atoms with E-state index in [9.17, 15) is 9.59 Å². The number of nitrogens with zero attached hydrogens (tertiary/aromatic N) is 1. The van der Waals surface area contributed by atoms with Crippen molar-refractivity contribution in [2.45, 2.75) is 20.3 Å². The fourth-order valence-corrected chi connectivity index (χ4v) is 3.88. The predicted octanol–water partition coefficient (Wildman–Crippen LogP) is 4.66. The average molecular weight is 461 g/mol. The summed E-state index contributed by atoms with van der Waals surface area (Å²) >= 11 is 7.50. The minimum atomic E-state index is -1.13. The molecule has 0 spiro atoms. The molecule has 9 heteroatoms. The number of amidine groups is 1. The van der Waals surface area contributed by atoms with E-state index in [-0.39, 0.29) is 16.7 Å². The van der Waals surface area contributed by atoms with Crippen LogP contribution in [0.1, 0.15) is 25.0 Å². The number of hydrogen-bond donors (Lipinski definition) is 2. The molecule has 2 N–H and O–H groups in total. The number of ether oxygens (including phenoxy) is 2. The number of aryl methyl sites for hydroxylation is 1. The molecule has 1 aliphatic rings. The Bertz CT molecular complexity index is 1050. The van der Waals surface area contributed by atoms with Gasteiger partial charge in [0.05, 0.1) is 22.2 Å². The highest BCUT2D eigenvalue weighted by atomic mass is 35.5. The predicted molar refractivity (Wildman–Crippen MR) is 122 cm³/mol. The summed E-state index contributed by atoms with van der Waals surface area (Å²) in [5, 5.41) is 12.3. The van der Waals surface area contributed by atoms with Gasteiger partial charge >= 0.3 is 5.97 Å². The van der Waals surface area contributed by atoms with E-state index in [0.29, 0.717) is 28.0 Å². The first-order valence-corrected chi connectivity index (χ1v) is 10.8. The fourth-order valence-electron chi connectivity index (χ4n) is 2.76. The van der Waals surface area contributed by atoms with Crippen molar-refractivity contribution >= 4 is 52.2 Å². The highest BCUT2D eigenvalue weighted by molar-refractivity contribution is 8.18. The molecule has 1 aliphatic heterocycles. The van der Waals surface area contributed by atoms with Crippen molar-refractivity contribution in [2.75, 3.05) is 13.2 Å². The molecule has 0 bridgehead atoms. The second-order valence-electron chi connectivity index (χ2n) is 6.45. The summed E-state index contributed by atoms with van der Waals surface area (Å²) < 4.78 is 10.8. The molecule has 0 aliphatic carbocycles. The zero-order valence-corrected chi connectivity index (χ0v) is 18.5. The molecule has 162 valence electrons. The quantitative estimate of drug-likeness (QED) is 0.556. The van der Waals surface area contributed by atoms with Gasteiger partial charge in [-0.3, -0.25) is 4.79 Å². The summed E-state index contributed by atoms with van der Waals surface area (Å²) in [6.45, 7) is 3.66. The lowest BCUT2D eigenvalue weighted by molar-refractivity contribution is -0.139. The van der Waals surface area contributed by atoms with Gasteiger partial charge in [0, 0.05) is 0 Å². The topological polar surface area (TPSA) is 97.2 Å². The van der Waals surface area contributed by atoms with E-state index >= 15 is 0 Å². The summed E-state index contributed by atoms with van der Waals surface area (Å²) in [6.07, 6.45) is 2.61. The number of carbonyl (C=O) groups excluding carboxylic acids is 1. The van der Waals surface area contributed by atoms with Gasteiger partial charge < -0.3 is 19.9 Å². The van der Waals surface area contributed by atoms with Crippen LogP contribution in [0.4, 0.5) is 5.69 Å². The molecular weight excluding hydrogens is 440 g/mol. The van der Waals surface area contributed by atoms with Crippen molar-refractivity contribution in [1.29, 1.82) is 0 Å². The van der Waals surface area contributed by atoms with Crippen molar-refractivity contribution in [3.05, 3.63) is 57.5 Å². The number of carbonyl (C=O) groups is 2. The van der Waals surface area contributed by atoms with E-state index in [2.05, 4.69) is 17.2 Å². The highest BCUT2D eigenvalue weighted by Crippen LogP contribution is 2.38. The number of thioether (sulfide) groups is 1. The zero-order chi connectivity index (χ0) is 22.4. The van der Waals surface area contributed by atoms with E-state index in [4.69, 9.17) is 26.2 Å². The van der Waals surface area contributed by atoms with Crippen LogP contribution in [-0.4, -0.2) is 35.4 Å². The van der Waals surface area contributed by atoms with E-state index in [1.54, 1.807) is 25.1 Å². The molecule has 0 unspecified atom stereocenters. The molecule has 1 amide bonds. The molecule has 1 saturated heterocycles. The van der Waals surface area contributed by atoms with Crippen LogP contribution in [0, 0.1) is 0 Å². The normalized spacial score (nSPS) is 15.9. The van der Waals surface area contributed by atoms with Gasteiger partial charge in [-0.2, -0.15) is 0 Å². The molecule has 31 heavy (non-hydrogen) atoms. The van der Waals surface area contributed by atoms with Gasteiger partial charge in [-0.1, -0.05) is 30.7 Å². The number of carboxylic acid groups (broad SMARTS) is 1. The number of aliphatic carboxylic acids is 1. The summed E-state index contributed by atoms with van der Waals surface area (Å²) in [5.41, 5.74) is 2.58. The molecule has 0 atom stereocenters. The number of rotatable bonds is 8. The Balaban J connectivity index is 1.83. The first-order chi connectivity index (χ1) is 14.9. The number of benzene rings is 2. The van der Waals surface area contributed by atoms with Gasteiger partial charge in [-0.15, -0.1) is 0 Å². The number of halogens is 1. The molecule has 2 aromatic carbocycles. The third-order valence-electron chi connectivity index (χ3n) is 4.20. The van der Waals surface area contributed by atoms with Crippen molar-refractivity contribution in [3.8, 4) is 11.5 Å². The third-order valence-corrected chi connectivity index (χ3v) is 5.39. The van der Waals surface area contributed by atoms with Crippen LogP contribution in [0.2, 0.25) is 5.02 Å². The van der Waals surface area contributed by atoms with Gasteiger partial charge in [0.1, 0.15) is 0 Å². The number of aliphatic imine (C=N–C) groups is 1. The monoisotopic (exact) mass is 460 g/mol. The molecule has 2 aromatic rings. The van der Waals surface area contributed by atoms with E-state index in [0.717, 1.165) is 12.1 Å². The Labute approximate surface area is 189 Å². The van der Waals surface area contributed by atoms with E-state index in [1.165, 1.54) is 17.3 Å². The number of nitrogens with one attached hydrogen (secondary N) is 1. The number of carboxylic acids is 1. The highest BCUT2D eigenvalue weighted by Gasteiger charge is 2.24. The standard InChI is InChI=1S/C22H21ClN2O5S/c1-3-13-5-7-15(8-6-13)24-22-25-21(28)18(31-22)11-14-9-16(23)20(30-12-19(26)27)17(10-14)29-4-2/h5-11H,3-4,12H2,1-2H3,(H,26,27)(H,24,25,28). The van der Waals surface area contributed by atoms with Gasteiger partial charge in [0.25, 0.3) is 5.91 Å². The van der Waals surface area contributed by atoms with Gasteiger partial charge in [-0.05, 0) is 66.6 Å². The fraction of sp³-hybridized carbons (Fsp3) is 0.227. The molecule has 0 radical (unpaired) electrons. The molecule has 0 saturated carbocycles. The molecule has 3 rings (SSSR count). The zero-order valence-electron chi connectivity index (χ0n) is 17.0. The van der Waals surface area contributed by atoms with E-state index in [1.807, 2.05) is 24.3 Å². The summed E-state index contributed by atoms with van der Waals surface area (Å²) in [5.74, 6) is -0.945. The van der Waals surface area contributed by atoms with Crippen molar-refractivity contribution in [2.24, 2.45) is 4.99 Å². The lowest BCUT2D eigenvalue weighted by Gasteiger charge is -2.13. The Kier molecular flexibility index (Phi) is 7.59. The van der Waals surface area contributed by atoms with Gasteiger partial charge in [-0.25, -0.2) is 9.79 Å². The SMILES string of the molecule is CCOc1cc(C=C2SC(=Nc3ccc(CC)cc3)NC2=O)cc(Cl)c1OCC(=O)O. The maximum absolute atomic E-state index is 12.4. The van der Waals surface area contributed by atoms with Crippen LogP contribution in [0.3, 0.4) is 0 Å². The Morgan fingerprint density at radius 1 is 1.23 bits per heavy atom. The maximum Gasteiger partial charge on any atom is 0.341 e. The van der Waals surface area contributed by atoms with Crippen molar-refractivity contribution in [1.82, 2.24) is 5.32 Å². The van der Waals surface area contributed by atoms with Crippen LogP contribution in [0.15, 0.2) is 46.3 Å². The molecule has 7 nitrogen and oxygen atoms in total. The van der Waals surface area contributed by atoms with Crippen molar-refractivity contribution in [3.63, 3.8) is 0 Å². The number of amides is 1. The van der Waals surface area contributed by atoms with Crippen LogP contribution in [0.5, 0.6) is 11.5 Å². The Morgan fingerprint density at radius 2 is 1.97 bits per heavy atom. The van der Waals surface area contributed by atoms with Crippen LogP contribution in [-0.2, 0) is 16.0 Å². The second kappa shape index (κ2) is 10.4. The summed E-state index contributed by atoms with van der Waals surface area (Å²) in [4.78, 5) is 28.1. The molecule has 1 fully saturated rings.